The Labute approximate surface area is 137 Å². The molecule has 0 radical (unpaired) electrons. The fraction of sp³-hybridized carbons (Fsp3) is 0.125. The maximum absolute atomic E-state index is 12.4. The van der Waals surface area contributed by atoms with Crippen LogP contribution in [0.15, 0.2) is 59.7 Å². The highest BCUT2D eigenvalue weighted by Crippen LogP contribution is 2.16. The number of hydrogen-bond acceptors (Lipinski definition) is 2. The van der Waals surface area contributed by atoms with Crippen molar-refractivity contribution in [2.75, 3.05) is 0 Å². The molecule has 3 rings (SSSR count). The highest BCUT2D eigenvalue weighted by Gasteiger charge is 2.08. The van der Waals surface area contributed by atoms with E-state index in [1.54, 1.807) is 24.3 Å². The third-order valence-corrected chi connectivity index (χ3v) is 4.01. The van der Waals surface area contributed by atoms with Gasteiger partial charge in [-0.15, -0.1) is 0 Å². The van der Waals surface area contributed by atoms with Crippen molar-refractivity contribution in [3.05, 3.63) is 81.0 Å². The van der Waals surface area contributed by atoms with Gasteiger partial charge in [0, 0.05) is 10.0 Å². The summed E-state index contributed by atoms with van der Waals surface area (Å²) < 4.78 is 2.92. The second-order valence-electron chi connectivity index (χ2n) is 4.82. The van der Waals surface area contributed by atoms with Crippen LogP contribution < -0.4 is 5.69 Å². The van der Waals surface area contributed by atoms with Crippen LogP contribution in [0.4, 0.5) is 0 Å². The second kappa shape index (κ2) is 6.38. The Kier molecular flexibility index (Phi) is 4.32. The first kappa shape index (κ1) is 14.9. The van der Waals surface area contributed by atoms with Crippen LogP contribution in [0.25, 0.3) is 5.69 Å². The lowest BCUT2D eigenvalue weighted by atomic mass is 10.1. The van der Waals surface area contributed by atoms with Crippen molar-refractivity contribution < 1.29 is 0 Å². The van der Waals surface area contributed by atoms with Crippen molar-refractivity contribution in [1.82, 2.24) is 14.3 Å². The molecule has 0 unspecified atom stereocenters. The summed E-state index contributed by atoms with van der Waals surface area (Å²) in [5.74, 6) is 0. The van der Waals surface area contributed by atoms with Crippen LogP contribution >= 0.6 is 23.2 Å². The van der Waals surface area contributed by atoms with Gasteiger partial charge in [0.1, 0.15) is 6.33 Å². The Morgan fingerprint density at radius 3 is 2.45 bits per heavy atom. The van der Waals surface area contributed by atoms with Crippen LogP contribution in [0.3, 0.4) is 0 Å². The number of benzene rings is 2. The van der Waals surface area contributed by atoms with Crippen molar-refractivity contribution >= 4 is 23.2 Å². The van der Waals surface area contributed by atoms with Crippen LogP contribution in [-0.4, -0.2) is 14.3 Å². The predicted octanol–water partition coefficient (Wildman–Crippen LogP) is 3.58. The molecular weight excluding hydrogens is 321 g/mol. The molecule has 1 aromatic heterocycles. The smallest absolute Gasteiger partial charge is 0.250 e. The maximum Gasteiger partial charge on any atom is 0.350 e. The lowest BCUT2D eigenvalue weighted by molar-refractivity contribution is 0.589. The van der Waals surface area contributed by atoms with E-state index in [0.29, 0.717) is 23.0 Å². The van der Waals surface area contributed by atoms with Gasteiger partial charge in [0.15, 0.2) is 0 Å². The number of aryl methyl sites for hydroxylation is 2. The van der Waals surface area contributed by atoms with Gasteiger partial charge >= 0.3 is 5.69 Å². The number of aromatic nitrogens is 3. The average molecular weight is 334 g/mol. The summed E-state index contributed by atoms with van der Waals surface area (Å²) in [6.45, 7) is 0.475. The Hall–Kier alpha value is -2.04. The molecule has 0 N–H and O–H groups in total. The highest BCUT2D eigenvalue weighted by molar-refractivity contribution is 6.31. The Morgan fingerprint density at radius 2 is 1.73 bits per heavy atom. The van der Waals surface area contributed by atoms with E-state index in [9.17, 15) is 4.79 Å². The molecule has 22 heavy (non-hydrogen) atoms. The lowest BCUT2D eigenvalue weighted by Crippen LogP contribution is -2.24. The third kappa shape index (κ3) is 3.08. The Bertz CT molecular complexity index is 837. The molecule has 0 fully saturated rings. The highest BCUT2D eigenvalue weighted by atomic mass is 35.5. The van der Waals surface area contributed by atoms with E-state index in [0.717, 1.165) is 11.3 Å². The maximum atomic E-state index is 12.4. The SMILES string of the molecule is O=c1n(-c2ccc(Cl)cc2)cnn1CCc1ccccc1Cl. The van der Waals surface area contributed by atoms with E-state index < -0.39 is 0 Å². The van der Waals surface area contributed by atoms with Crippen molar-refractivity contribution in [2.24, 2.45) is 0 Å². The first-order chi connectivity index (χ1) is 10.6. The lowest BCUT2D eigenvalue weighted by Gasteiger charge is -2.03. The van der Waals surface area contributed by atoms with Gasteiger partial charge in [-0.3, -0.25) is 0 Å². The molecule has 0 saturated heterocycles. The molecule has 4 nitrogen and oxygen atoms in total. The molecule has 0 aliphatic heterocycles. The van der Waals surface area contributed by atoms with E-state index in [1.807, 2.05) is 24.3 Å². The van der Waals surface area contributed by atoms with Gasteiger partial charge in [0.25, 0.3) is 0 Å². The molecule has 0 saturated carbocycles. The number of nitrogens with zero attached hydrogens (tertiary/aromatic N) is 3. The molecular formula is C16H13Cl2N3O. The van der Waals surface area contributed by atoms with E-state index in [1.165, 1.54) is 15.6 Å². The predicted molar refractivity (Wildman–Crippen MR) is 88.0 cm³/mol. The van der Waals surface area contributed by atoms with Crippen molar-refractivity contribution in [3.8, 4) is 5.69 Å². The molecule has 3 aromatic rings. The minimum atomic E-state index is -0.186. The molecule has 0 spiro atoms. The monoisotopic (exact) mass is 333 g/mol. The van der Waals surface area contributed by atoms with Gasteiger partial charge in [-0.1, -0.05) is 41.4 Å². The zero-order valence-corrected chi connectivity index (χ0v) is 13.1. The first-order valence-corrected chi connectivity index (χ1v) is 7.54. The van der Waals surface area contributed by atoms with E-state index >= 15 is 0 Å². The zero-order chi connectivity index (χ0) is 15.5. The molecule has 0 aliphatic rings. The van der Waals surface area contributed by atoms with Gasteiger partial charge in [0.2, 0.25) is 0 Å². The third-order valence-electron chi connectivity index (χ3n) is 3.39. The van der Waals surface area contributed by atoms with Crippen molar-refractivity contribution in [1.29, 1.82) is 0 Å². The quantitative estimate of drug-likeness (QED) is 0.732. The number of rotatable bonds is 4. The molecule has 1 heterocycles. The molecule has 112 valence electrons. The van der Waals surface area contributed by atoms with E-state index in [4.69, 9.17) is 23.2 Å². The fourth-order valence-corrected chi connectivity index (χ4v) is 2.55. The van der Waals surface area contributed by atoms with Gasteiger partial charge < -0.3 is 0 Å². The Balaban J connectivity index is 1.81. The van der Waals surface area contributed by atoms with Crippen LogP contribution in [0.1, 0.15) is 5.56 Å². The number of halogens is 2. The van der Waals surface area contributed by atoms with Crippen molar-refractivity contribution in [3.63, 3.8) is 0 Å². The summed E-state index contributed by atoms with van der Waals surface area (Å²) in [5.41, 5.74) is 1.55. The first-order valence-electron chi connectivity index (χ1n) is 6.79. The Morgan fingerprint density at radius 1 is 1.00 bits per heavy atom. The van der Waals surface area contributed by atoms with Crippen LogP contribution in [0.2, 0.25) is 10.0 Å². The minimum absolute atomic E-state index is 0.186. The molecule has 0 amide bonds. The average Bonchev–Trinajstić information content (AvgIpc) is 2.88. The molecule has 0 aliphatic carbocycles. The summed E-state index contributed by atoms with van der Waals surface area (Å²) >= 11 is 12.0. The normalized spacial score (nSPS) is 10.8. The summed E-state index contributed by atoms with van der Waals surface area (Å²) in [7, 11) is 0. The van der Waals surface area contributed by atoms with Gasteiger partial charge in [0.05, 0.1) is 12.2 Å². The molecule has 0 bridgehead atoms. The fourth-order valence-electron chi connectivity index (χ4n) is 2.20. The second-order valence-corrected chi connectivity index (χ2v) is 5.67. The van der Waals surface area contributed by atoms with Crippen LogP contribution in [0, 0.1) is 0 Å². The largest absolute Gasteiger partial charge is 0.350 e. The molecule has 6 heteroatoms. The van der Waals surface area contributed by atoms with E-state index in [-0.39, 0.29) is 5.69 Å². The summed E-state index contributed by atoms with van der Waals surface area (Å²) in [5, 5.41) is 5.48. The van der Waals surface area contributed by atoms with Gasteiger partial charge in [-0.05, 0) is 42.3 Å². The van der Waals surface area contributed by atoms with Crippen molar-refractivity contribution in [2.45, 2.75) is 13.0 Å². The van der Waals surface area contributed by atoms with Gasteiger partial charge in [-0.2, -0.15) is 5.10 Å². The summed E-state index contributed by atoms with van der Waals surface area (Å²) in [6, 6.07) is 14.6. The topological polar surface area (TPSA) is 39.8 Å². The summed E-state index contributed by atoms with van der Waals surface area (Å²) in [6.07, 6.45) is 2.16. The molecule has 2 aromatic carbocycles. The van der Waals surface area contributed by atoms with Gasteiger partial charge in [-0.25, -0.2) is 14.0 Å². The molecule has 0 atom stereocenters. The minimum Gasteiger partial charge on any atom is -0.250 e. The standard InChI is InChI=1S/C16H13Cl2N3O/c17-13-5-7-14(8-6-13)20-11-19-21(16(20)22)10-9-12-3-1-2-4-15(12)18/h1-8,11H,9-10H2. The number of hydrogen-bond donors (Lipinski definition) is 0. The van der Waals surface area contributed by atoms with Crippen LogP contribution in [0.5, 0.6) is 0 Å². The van der Waals surface area contributed by atoms with E-state index in [2.05, 4.69) is 5.10 Å². The zero-order valence-electron chi connectivity index (χ0n) is 11.6. The van der Waals surface area contributed by atoms with Crippen LogP contribution in [-0.2, 0) is 13.0 Å². The summed E-state index contributed by atoms with van der Waals surface area (Å²) in [4.78, 5) is 12.4.